The third-order valence-electron chi connectivity index (χ3n) is 2.14. The van der Waals surface area contributed by atoms with Crippen LogP contribution in [0.1, 0.15) is 18.2 Å². The summed E-state index contributed by atoms with van der Waals surface area (Å²) in [4.78, 5) is 11.2. The number of hydrogen-bond acceptors (Lipinski definition) is 3. The minimum Gasteiger partial charge on any atom is -0.464 e. The Bertz CT molecular complexity index is 375. The number of hydrogen-bond donors (Lipinski definition) is 0. The molecule has 0 amide bonds. The highest BCUT2D eigenvalue weighted by molar-refractivity contribution is 5.76. The molecule has 0 aromatic carbocycles. The predicted octanol–water partition coefficient (Wildman–Crippen LogP) is 0.848. The topological polar surface area (TPSA) is 55.0 Å². The van der Waals surface area contributed by atoms with E-state index < -0.39 is 0 Å². The number of carbonyl (C=O) groups excluding carboxylic acids is 1. The molecule has 1 aliphatic rings. The summed E-state index contributed by atoms with van der Waals surface area (Å²) in [5.74, 6) is -0.243. The fourth-order valence-corrected chi connectivity index (χ4v) is 1.50. The highest BCUT2D eigenvalue weighted by Gasteiger charge is 2.28. The highest BCUT2D eigenvalue weighted by Crippen LogP contribution is 2.22. The van der Waals surface area contributed by atoms with Crippen molar-refractivity contribution in [1.82, 2.24) is 4.57 Å². The molecule has 13 heavy (non-hydrogen) atoms. The van der Waals surface area contributed by atoms with Gasteiger partial charge in [0.1, 0.15) is 17.8 Å². The van der Waals surface area contributed by atoms with E-state index in [4.69, 9.17) is 10.00 Å². The predicted molar refractivity (Wildman–Crippen MR) is 43.8 cm³/mol. The van der Waals surface area contributed by atoms with Gasteiger partial charge in [0, 0.05) is 12.6 Å². The maximum absolute atomic E-state index is 11.2. The van der Waals surface area contributed by atoms with Crippen molar-refractivity contribution in [3.05, 3.63) is 24.0 Å². The second kappa shape index (κ2) is 2.94. The smallest absolute Gasteiger partial charge is 0.329 e. The molecule has 1 saturated heterocycles. The molecule has 1 aromatic rings. The zero-order valence-electron chi connectivity index (χ0n) is 6.93. The normalized spacial score (nSPS) is 21.2. The van der Waals surface area contributed by atoms with E-state index in [-0.39, 0.29) is 12.0 Å². The number of ether oxygens (including phenoxy) is 1. The van der Waals surface area contributed by atoms with E-state index in [0.29, 0.717) is 18.7 Å². The third kappa shape index (κ3) is 1.18. The molecule has 66 valence electrons. The van der Waals surface area contributed by atoms with Crippen LogP contribution in [-0.2, 0) is 9.53 Å². The lowest BCUT2D eigenvalue weighted by Gasteiger charge is -2.08. The summed E-state index contributed by atoms with van der Waals surface area (Å²) < 4.78 is 6.48. The number of esters is 1. The van der Waals surface area contributed by atoms with Gasteiger partial charge in [-0.3, -0.25) is 0 Å². The van der Waals surface area contributed by atoms with Crippen molar-refractivity contribution in [3.63, 3.8) is 0 Å². The second-order valence-electron chi connectivity index (χ2n) is 2.88. The lowest BCUT2D eigenvalue weighted by atomic mass is 10.2. The van der Waals surface area contributed by atoms with Crippen LogP contribution in [0.4, 0.5) is 0 Å². The van der Waals surface area contributed by atoms with Crippen LogP contribution >= 0.6 is 0 Å². The zero-order chi connectivity index (χ0) is 9.26. The molecule has 0 saturated carbocycles. The molecule has 1 unspecified atom stereocenters. The molecule has 0 aliphatic carbocycles. The fraction of sp³-hybridized carbons (Fsp3) is 0.333. The number of aromatic nitrogens is 1. The first-order valence-corrected chi connectivity index (χ1v) is 4.06. The van der Waals surface area contributed by atoms with E-state index in [1.807, 2.05) is 6.07 Å². The van der Waals surface area contributed by atoms with Crippen molar-refractivity contribution in [2.75, 3.05) is 6.61 Å². The number of carbonyl (C=O) groups is 1. The van der Waals surface area contributed by atoms with Gasteiger partial charge < -0.3 is 9.30 Å². The Balaban J connectivity index is 2.35. The molecule has 4 heteroatoms. The number of rotatable bonds is 1. The van der Waals surface area contributed by atoms with Gasteiger partial charge in [0.25, 0.3) is 0 Å². The molecule has 0 N–H and O–H groups in total. The van der Waals surface area contributed by atoms with Crippen molar-refractivity contribution in [1.29, 1.82) is 5.26 Å². The molecule has 0 radical (unpaired) electrons. The lowest BCUT2D eigenvalue weighted by molar-refractivity contribution is -0.140. The summed E-state index contributed by atoms with van der Waals surface area (Å²) >= 11 is 0. The minimum absolute atomic E-state index is 0.243. The summed E-state index contributed by atoms with van der Waals surface area (Å²) in [6, 6.07) is 5.17. The van der Waals surface area contributed by atoms with Crippen molar-refractivity contribution >= 4 is 5.97 Å². The van der Waals surface area contributed by atoms with Crippen LogP contribution in [0.2, 0.25) is 0 Å². The molecule has 1 atom stereocenters. The summed E-state index contributed by atoms with van der Waals surface area (Å²) in [7, 11) is 0. The van der Waals surface area contributed by atoms with Gasteiger partial charge in [0.2, 0.25) is 0 Å². The molecule has 1 fully saturated rings. The van der Waals surface area contributed by atoms with Gasteiger partial charge in [0.15, 0.2) is 0 Å². The highest BCUT2D eigenvalue weighted by atomic mass is 16.5. The van der Waals surface area contributed by atoms with Crippen LogP contribution in [-0.4, -0.2) is 17.1 Å². The van der Waals surface area contributed by atoms with Gasteiger partial charge in [-0.25, -0.2) is 4.79 Å². The molecular formula is C9H8N2O2. The molecule has 4 nitrogen and oxygen atoms in total. The van der Waals surface area contributed by atoms with Crippen molar-refractivity contribution in [3.8, 4) is 6.07 Å². The third-order valence-corrected chi connectivity index (χ3v) is 2.14. The maximum atomic E-state index is 11.2. The Morgan fingerprint density at radius 2 is 2.54 bits per heavy atom. The van der Waals surface area contributed by atoms with Crippen LogP contribution < -0.4 is 0 Å². The molecular weight excluding hydrogens is 168 g/mol. The van der Waals surface area contributed by atoms with Crippen molar-refractivity contribution < 1.29 is 9.53 Å². The van der Waals surface area contributed by atoms with Crippen LogP contribution in [0.5, 0.6) is 0 Å². The van der Waals surface area contributed by atoms with E-state index in [1.165, 1.54) is 0 Å². The Kier molecular flexibility index (Phi) is 1.78. The first-order valence-electron chi connectivity index (χ1n) is 4.06. The molecule has 1 aliphatic heterocycles. The Hall–Kier alpha value is -1.76. The molecule has 2 heterocycles. The Morgan fingerprint density at radius 3 is 3.15 bits per heavy atom. The first-order chi connectivity index (χ1) is 6.33. The molecule has 0 spiro atoms. The lowest BCUT2D eigenvalue weighted by Crippen LogP contribution is -2.14. The summed E-state index contributed by atoms with van der Waals surface area (Å²) in [6.07, 6.45) is 2.39. The standard InChI is InChI=1S/C9H8N2O2/c10-6-7-2-1-4-11(7)8-3-5-13-9(8)12/h1-2,4,8H,3,5H2. The van der Waals surface area contributed by atoms with Crippen LogP contribution in [0.25, 0.3) is 0 Å². The molecule has 1 aromatic heterocycles. The van der Waals surface area contributed by atoms with E-state index >= 15 is 0 Å². The number of nitriles is 1. The SMILES string of the molecule is N#Cc1cccn1C1CCOC1=O. The van der Waals surface area contributed by atoms with Gasteiger partial charge in [-0.1, -0.05) is 0 Å². The van der Waals surface area contributed by atoms with Gasteiger partial charge in [-0.15, -0.1) is 0 Å². The number of nitrogens with zero attached hydrogens (tertiary/aromatic N) is 2. The van der Waals surface area contributed by atoms with Crippen LogP contribution in [0, 0.1) is 11.3 Å². The van der Waals surface area contributed by atoms with Crippen molar-refractivity contribution in [2.45, 2.75) is 12.5 Å². The zero-order valence-corrected chi connectivity index (χ0v) is 6.93. The average Bonchev–Trinajstić information content (AvgIpc) is 2.71. The quantitative estimate of drug-likeness (QED) is 0.596. The Labute approximate surface area is 75.3 Å². The van der Waals surface area contributed by atoms with Crippen LogP contribution in [0.3, 0.4) is 0 Å². The van der Waals surface area contributed by atoms with Crippen LogP contribution in [0.15, 0.2) is 18.3 Å². The van der Waals surface area contributed by atoms with E-state index in [2.05, 4.69) is 0 Å². The van der Waals surface area contributed by atoms with E-state index in [0.717, 1.165) is 0 Å². The summed E-state index contributed by atoms with van der Waals surface area (Å²) in [5, 5.41) is 8.73. The van der Waals surface area contributed by atoms with Gasteiger partial charge >= 0.3 is 5.97 Å². The Morgan fingerprint density at radius 1 is 1.69 bits per heavy atom. The monoisotopic (exact) mass is 176 g/mol. The van der Waals surface area contributed by atoms with E-state index in [1.54, 1.807) is 22.9 Å². The number of cyclic esters (lactones) is 1. The molecule has 0 bridgehead atoms. The maximum Gasteiger partial charge on any atom is 0.329 e. The first kappa shape index (κ1) is 7.87. The largest absolute Gasteiger partial charge is 0.464 e. The second-order valence-corrected chi connectivity index (χ2v) is 2.88. The molecule has 2 rings (SSSR count). The van der Waals surface area contributed by atoms with Gasteiger partial charge in [-0.05, 0) is 12.1 Å². The van der Waals surface area contributed by atoms with Crippen molar-refractivity contribution in [2.24, 2.45) is 0 Å². The minimum atomic E-state index is -0.301. The average molecular weight is 176 g/mol. The fourth-order valence-electron chi connectivity index (χ4n) is 1.50. The summed E-state index contributed by atoms with van der Waals surface area (Å²) in [5.41, 5.74) is 0.504. The summed E-state index contributed by atoms with van der Waals surface area (Å²) in [6.45, 7) is 0.451. The van der Waals surface area contributed by atoms with E-state index in [9.17, 15) is 4.79 Å². The van der Waals surface area contributed by atoms with Gasteiger partial charge in [0.05, 0.1) is 6.61 Å². The van der Waals surface area contributed by atoms with Gasteiger partial charge in [-0.2, -0.15) is 5.26 Å².